The maximum Gasteiger partial charge on any atom is 0.223 e. The van der Waals surface area contributed by atoms with Crippen LogP contribution in [0.25, 0.3) is 0 Å². The van der Waals surface area contributed by atoms with Gasteiger partial charge in [0, 0.05) is 37.0 Å². The Morgan fingerprint density at radius 1 is 1.26 bits per heavy atom. The summed E-state index contributed by atoms with van der Waals surface area (Å²) in [5, 5.41) is 3.26. The number of rotatable bonds is 4. The van der Waals surface area contributed by atoms with Gasteiger partial charge in [-0.25, -0.2) is 4.98 Å². The second kappa shape index (κ2) is 6.83. The molecule has 0 saturated carbocycles. The highest BCUT2D eigenvalue weighted by Gasteiger charge is 2.30. The van der Waals surface area contributed by atoms with Crippen LogP contribution >= 0.6 is 11.3 Å². The molecule has 23 heavy (non-hydrogen) atoms. The number of hydrogen-bond donors (Lipinski definition) is 0. The summed E-state index contributed by atoms with van der Waals surface area (Å²) in [6.07, 6.45) is 4.51. The van der Waals surface area contributed by atoms with Crippen molar-refractivity contribution in [3.8, 4) is 0 Å². The fraction of sp³-hybridized carbons (Fsp3) is 0.474. The molecule has 3 nitrogen and oxygen atoms in total. The van der Waals surface area contributed by atoms with Crippen LogP contribution in [0.4, 0.5) is 0 Å². The molecular weight excluding hydrogens is 304 g/mol. The van der Waals surface area contributed by atoms with E-state index in [9.17, 15) is 4.79 Å². The molecule has 3 rings (SSSR count). The van der Waals surface area contributed by atoms with Gasteiger partial charge in [-0.1, -0.05) is 44.2 Å². The van der Waals surface area contributed by atoms with Crippen LogP contribution in [0.1, 0.15) is 49.6 Å². The predicted molar refractivity (Wildman–Crippen MR) is 94.8 cm³/mol. The van der Waals surface area contributed by atoms with Gasteiger partial charge in [-0.3, -0.25) is 4.79 Å². The van der Waals surface area contributed by atoms with E-state index in [2.05, 4.69) is 31.0 Å². The number of amides is 1. The van der Waals surface area contributed by atoms with Crippen LogP contribution in [-0.2, 0) is 10.2 Å². The lowest BCUT2D eigenvalue weighted by Gasteiger charge is -2.34. The number of benzene rings is 1. The molecule has 1 aromatic carbocycles. The minimum atomic E-state index is -0.121. The third-order valence-corrected chi connectivity index (χ3v) is 5.73. The third-order valence-electron chi connectivity index (χ3n) is 4.80. The van der Waals surface area contributed by atoms with Crippen molar-refractivity contribution >= 4 is 17.2 Å². The van der Waals surface area contributed by atoms with Crippen LogP contribution in [0.3, 0.4) is 0 Å². The Kier molecular flexibility index (Phi) is 4.81. The summed E-state index contributed by atoms with van der Waals surface area (Å²) in [6.45, 7) is 6.02. The van der Waals surface area contributed by atoms with E-state index in [0.717, 1.165) is 25.9 Å². The van der Waals surface area contributed by atoms with Gasteiger partial charge in [0.2, 0.25) is 5.91 Å². The Balaban J connectivity index is 1.57. The summed E-state index contributed by atoms with van der Waals surface area (Å²) in [5.41, 5.74) is 1.11. The molecule has 0 aliphatic carbocycles. The molecule has 0 unspecified atom stereocenters. The molecule has 4 heteroatoms. The first-order valence-corrected chi connectivity index (χ1v) is 9.17. The molecule has 1 amide bonds. The average Bonchev–Trinajstić information content (AvgIpc) is 3.10. The Morgan fingerprint density at radius 2 is 1.96 bits per heavy atom. The van der Waals surface area contributed by atoms with Crippen molar-refractivity contribution in [3.63, 3.8) is 0 Å². The zero-order chi connectivity index (χ0) is 16.3. The van der Waals surface area contributed by atoms with Gasteiger partial charge in [0.05, 0.1) is 5.01 Å². The fourth-order valence-corrected chi connectivity index (χ4v) is 4.10. The number of piperidine rings is 1. The maximum absolute atomic E-state index is 12.7. The van der Waals surface area contributed by atoms with Crippen molar-refractivity contribution in [1.82, 2.24) is 9.88 Å². The fourth-order valence-electron chi connectivity index (χ4n) is 3.29. The Labute approximate surface area is 142 Å². The second-order valence-electron chi connectivity index (χ2n) is 6.95. The number of hydrogen-bond acceptors (Lipinski definition) is 3. The van der Waals surface area contributed by atoms with Gasteiger partial charge < -0.3 is 4.90 Å². The maximum atomic E-state index is 12.7. The highest BCUT2D eigenvalue weighted by molar-refractivity contribution is 7.09. The van der Waals surface area contributed by atoms with Crippen LogP contribution in [0, 0.1) is 0 Å². The van der Waals surface area contributed by atoms with Crippen LogP contribution in [0.5, 0.6) is 0 Å². The number of carbonyl (C=O) groups is 1. The van der Waals surface area contributed by atoms with Gasteiger partial charge in [0.15, 0.2) is 0 Å². The van der Waals surface area contributed by atoms with Gasteiger partial charge in [0.25, 0.3) is 0 Å². The summed E-state index contributed by atoms with van der Waals surface area (Å²) >= 11 is 1.73. The number of carbonyl (C=O) groups excluding carboxylic acids is 1. The Hall–Kier alpha value is -1.68. The molecule has 2 heterocycles. The number of thiazole rings is 1. The topological polar surface area (TPSA) is 33.2 Å². The normalized spacial score (nSPS) is 16.5. The van der Waals surface area contributed by atoms with Gasteiger partial charge in [-0.2, -0.15) is 0 Å². The number of aromatic nitrogens is 1. The van der Waals surface area contributed by atoms with Crippen LogP contribution in [0.2, 0.25) is 0 Å². The molecule has 0 atom stereocenters. The zero-order valence-corrected chi connectivity index (χ0v) is 14.7. The molecule has 1 aromatic heterocycles. The van der Waals surface area contributed by atoms with E-state index in [0.29, 0.717) is 12.3 Å². The van der Waals surface area contributed by atoms with Crippen LogP contribution in [0.15, 0.2) is 41.9 Å². The molecule has 0 radical (unpaired) electrons. The van der Waals surface area contributed by atoms with E-state index in [-0.39, 0.29) is 11.3 Å². The van der Waals surface area contributed by atoms with Crippen molar-refractivity contribution in [2.45, 2.75) is 44.4 Å². The Morgan fingerprint density at radius 3 is 2.57 bits per heavy atom. The van der Waals surface area contributed by atoms with Gasteiger partial charge in [-0.15, -0.1) is 11.3 Å². The average molecular weight is 328 g/mol. The minimum absolute atomic E-state index is 0.121. The molecular formula is C19H24N2OS. The lowest BCUT2D eigenvalue weighted by Crippen LogP contribution is -2.40. The zero-order valence-electron chi connectivity index (χ0n) is 13.9. The highest BCUT2D eigenvalue weighted by Crippen LogP contribution is 2.32. The summed E-state index contributed by atoms with van der Waals surface area (Å²) in [7, 11) is 0. The number of nitrogens with zero attached hydrogens (tertiary/aromatic N) is 2. The molecule has 1 saturated heterocycles. The molecule has 0 spiro atoms. The van der Waals surface area contributed by atoms with Crippen molar-refractivity contribution in [3.05, 3.63) is 52.5 Å². The first-order valence-electron chi connectivity index (χ1n) is 8.29. The Bertz CT molecular complexity index is 629. The highest BCUT2D eigenvalue weighted by atomic mass is 32.1. The quantitative estimate of drug-likeness (QED) is 0.842. The summed E-state index contributed by atoms with van der Waals surface area (Å²) < 4.78 is 0. The summed E-state index contributed by atoms with van der Waals surface area (Å²) in [6, 6.07) is 10.3. The van der Waals surface area contributed by atoms with Crippen LogP contribution < -0.4 is 0 Å². The smallest absolute Gasteiger partial charge is 0.223 e. The van der Waals surface area contributed by atoms with Crippen molar-refractivity contribution in [1.29, 1.82) is 0 Å². The van der Waals surface area contributed by atoms with Gasteiger partial charge in [0.1, 0.15) is 0 Å². The molecule has 1 fully saturated rings. The first kappa shape index (κ1) is 16.2. The van der Waals surface area contributed by atoms with Crippen molar-refractivity contribution in [2.24, 2.45) is 0 Å². The van der Waals surface area contributed by atoms with Crippen LogP contribution in [-0.4, -0.2) is 28.9 Å². The standard InChI is InChI=1S/C19H24N2OS/c1-19(2,16-6-4-3-5-7-16)14-17(22)21-11-8-15(9-12-21)18-20-10-13-23-18/h3-7,10,13,15H,8-9,11-12,14H2,1-2H3. The van der Waals surface area contributed by atoms with E-state index in [1.165, 1.54) is 10.6 Å². The van der Waals surface area contributed by atoms with Gasteiger partial charge in [-0.05, 0) is 23.8 Å². The monoisotopic (exact) mass is 328 g/mol. The summed E-state index contributed by atoms with van der Waals surface area (Å²) in [4.78, 5) is 19.2. The summed E-state index contributed by atoms with van der Waals surface area (Å²) in [5.74, 6) is 0.803. The second-order valence-corrected chi connectivity index (χ2v) is 7.88. The molecule has 1 aliphatic heterocycles. The van der Waals surface area contributed by atoms with E-state index in [1.54, 1.807) is 11.3 Å². The van der Waals surface area contributed by atoms with E-state index in [1.807, 2.05) is 34.7 Å². The lowest BCUT2D eigenvalue weighted by molar-refractivity contribution is -0.133. The lowest BCUT2D eigenvalue weighted by atomic mass is 9.81. The molecule has 122 valence electrons. The van der Waals surface area contributed by atoms with Gasteiger partial charge >= 0.3 is 0 Å². The van der Waals surface area contributed by atoms with E-state index >= 15 is 0 Å². The van der Waals surface area contributed by atoms with E-state index in [4.69, 9.17) is 0 Å². The SMILES string of the molecule is CC(C)(CC(=O)N1CCC(c2nccs2)CC1)c1ccccc1. The van der Waals surface area contributed by atoms with Crippen molar-refractivity contribution in [2.75, 3.05) is 13.1 Å². The molecule has 0 N–H and O–H groups in total. The minimum Gasteiger partial charge on any atom is -0.343 e. The van der Waals surface area contributed by atoms with E-state index < -0.39 is 0 Å². The first-order chi connectivity index (χ1) is 11.1. The molecule has 2 aromatic rings. The molecule has 0 bridgehead atoms. The number of likely N-dealkylation sites (tertiary alicyclic amines) is 1. The third kappa shape index (κ3) is 3.81. The molecule has 1 aliphatic rings. The van der Waals surface area contributed by atoms with Crippen molar-refractivity contribution < 1.29 is 4.79 Å². The predicted octanol–water partition coefficient (Wildman–Crippen LogP) is 4.22. The largest absolute Gasteiger partial charge is 0.343 e.